The molecule has 0 spiro atoms. The summed E-state index contributed by atoms with van der Waals surface area (Å²) in [4.78, 5) is 34.0. The molecular weight excluding hydrogens is 530 g/mol. The van der Waals surface area contributed by atoms with Crippen LogP contribution < -0.4 is 5.32 Å². The molecule has 0 bridgehead atoms. The van der Waals surface area contributed by atoms with Gasteiger partial charge in [-0.2, -0.15) is 11.8 Å². The van der Waals surface area contributed by atoms with Gasteiger partial charge >= 0.3 is 12.1 Å². The summed E-state index contributed by atoms with van der Waals surface area (Å²) in [7, 11) is 0. The van der Waals surface area contributed by atoms with E-state index in [1.54, 1.807) is 0 Å². The largest absolute Gasteiger partial charge is 0.463 e. The molecule has 1 rings (SSSR count). The highest BCUT2D eigenvalue weighted by Gasteiger charge is 2.24. The van der Waals surface area contributed by atoms with Crippen LogP contribution in [0.1, 0.15) is 59.3 Å². The van der Waals surface area contributed by atoms with Crippen molar-refractivity contribution >= 4 is 29.6 Å². The monoisotopic (exact) mass is 579 g/mol. The van der Waals surface area contributed by atoms with E-state index in [0.29, 0.717) is 76.5 Å². The molecule has 0 aliphatic heterocycles. The summed E-state index contributed by atoms with van der Waals surface area (Å²) >= 11 is 2.02. The predicted molar refractivity (Wildman–Crippen MR) is 148 cm³/mol. The number of ether oxygens (including phenoxy) is 7. The first-order valence-electron chi connectivity index (χ1n) is 14.0. The Kier molecular flexibility index (Phi) is 22.2. The summed E-state index contributed by atoms with van der Waals surface area (Å²) in [6.07, 6.45) is 4.03. The number of rotatable bonds is 24. The van der Waals surface area contributed by atoms with E-state index in [2.05, 4.69) is 19.2 Å². The summed E-state index contributed by atoms with van der Waals surface area (Å²) in [5.41, 5.74) is 0. The number of thioether (sulfide) groups is 1. The minimum absolute atomic E-state index is 0.0201. The predicted octanol–water partition coefficient (Wildman–Crippen LogP) is 3.16. The summed E-state index contributed by atoms with van der Waals surface area (Å²) in [6.45, 7) is 10.6. The van der Waals surface area contributed by atoms with Crippen LogP contribution >= 0.6 is 11.8 Å². The van der Waals surface area contributed by atoms with E-state index >= 15 is 0 Å². The molecule has 1 saturated carbocycles. The second-order valence-corrected chi connectivity index (χ2v) is 11.3. The topological polar surface area (TPSA) is 128 Å². The van der Waals surface area contributed by atoms with Gasteiger partial charge in [0.15, 0.2) is 0 Å². The van der Waals surface area contributed by atoms with Crippen LogP contribution in [0, 0.1) is 0 Å². The number of carbonyl (C=O) groups excluding carboxylic acids is 3. The highest BCUT2D eigenvalue weighted by molar-refractivity contribution is 8.00. The van der Waals surface area contributed by atoms with E-state index in [-0.39, 0.29) is 44.0 Å². The molecule has 12 heteroatoms. The minimum Gasteiger partial charge on any atom is -0.463 e. The van der Waals surface area contributed by atoms with E-state index in [1.165, 1.54) is 6.92 Å². The van der Waals surface area contributed by atoms with Gasteiger partial charge in [0.05, 0.1) is 72.5 Å². The number of amides is 1. The molecule has 0 aromatic heterocycles. The molecule has 0 aromatic rings. The fourth-order valence-electron chi connectivity index (χ4n) is 3.64. The second-order valence-electron chi connectivity index (χ2n) is 9.40. The Hall–Kier alpha value is -1.44. The van der Waals surface area contributed by atoms with E-state index in [4.69, 9.17) is 33.2 Å². The zero-order chi connectivity index (χ0) is 28.6. The molecule has 39 heavy (non-hydrogen) atoms. The Balaban J connectivity index is 1.75. The zero-order valence-electron chi connectivity index (χ0n) is 24.0. The first-order chi connectivity index (χ1) is 18.9. The number of alkyl carbamates (subject to hydrolysis) is 1. The highest BCUT2D eigenvalue weighted by Crippen LogP contribution is 2.32. The van der Waals surface area contributed by atoms with Crippen molar-refractivity contribution in [3.05, 3.63) is 0 Å². The number of ketones is 1. The molecule has 228 valence electrons. The van der Waals surface area contributed by atoms with Crippen molar-refractivity contribution in [2.24, 2.45) is 0 Å². The average molecular weight is 580 g/mol. The van der Waals surface area contributed by atoms with Gasteiger partial charge in [-0.25, -0.2) is 4.79 Å². The smallest absolute Gasteiger partial charge is 0.407 e. The van der Waals surface area contributed by atoms with Gasteiger partial charge in [-0.1, -0.05) is 13.8 Å². The Bertz CT molecular complexity index is 644. The molecule has 0 saturated heterocycles. The fourth-order valence-corrected chi connectivity index (χ4v) is 4.95. The van der Waals surface area contributed by atoms with Crippen LogP contribution in [0.2, 0.25) is 0 Å². The molecule has 0 unspecified atom stereocenters. The lowest BCUT2D eigenvalue weighted by Gasteiger charge is -2.28. The van der Waals surface area contributed by atoms with Crippen molar-refractivity contribution in [1.82, 2.24) is 5.32 Å². The molecule has 0 heterocycles. The molecule has 0 radical (unpaired) electrons. The normalized spacial score (nSPS) is 17.2. The third-order valence-electron chi connectivity index (χ3n) is 5.54. The van der Waals surface area contributed by atoms with Gasteiger partial charge in [0.1, 0.15) is 18.5 Å². The van der Waals surface area contributed by atoms with Crippen molar-refractivity contribution in [3.8, 4) is 0 Å². The molecule has 1 aliphatic carbocycles. The number of hydrogen-bond acceptors (Lipinski definition) is 11. The van der Waals surface area contributed by atoms with Crippen LogP contribution in [0.4, 0.5) is 4.79 Å². The summed E-state index contributed by atoms with van der Waals surface area (Å²) in [6, 6.07) is 0. The van der Waals surface area contributed by atoms with Crippen LogP contribution in [0.15, 0.2) is 0 Å². The van der Waals surface area contributed by atoms with Crippen molar-refractivity contribution < 1.29 is 47.5 Å². The first kappa shape index (κ1) is 35.6. The SMILES string of the molecule is CC(=O)CCC(=O)OCCOCCOCCOCCOCCOCCNC(=O)OC1CCC(SC(C)C)CC1. The zero-order valence-corrected chi connectivity index (χ0v) is 24.8. The van der Waals surface area contributed by atoms with Gasteiger partial charge in [0, 0.05) is 18.2 Å². The lowest BCUT2D eigenvalue weighted by atomic mass is 9.97. The fraction of sp³-hybridized carbons (Fsp3) is 0.889. The van der Waals surface area contributed by atoms with Crippen LogP contribution in [0.5, 0.6) is 0 Å². The molecule has 0 atom stereocenters. The summed E-state index contributed by atoms with van der Waals surface area (Å²) < 4.78 is 37.5. The van der Waals surface area contributed by atoms with E-state index in [9.17, 15) is 14.4 Å². The molecule has 1 N–H and O–H groups in total. The first-order valence-corrected chi connectivity index (χ1v) is 14.9. The van der Waals surface area contributed by atoms with Crippen molar-refractivity contribution in [3.63, 3.8) is 0 Å². The number of Topliss-reactive ketones (excluding diaryl/α,β-unsaturated/α-hetero) is 1. The number of esters is 1. The van der Waals surface area contributed by atoms with Crippen molar-refractivity contribution in [2.75, 3.05) is 79.2 Å². The van der Waals surface area contributed by atoms with Gasteiger partial charge in [-0.15, -0.1) is 0 Å². The Morgan fingerprint density at radius 1 is 0.718 bits per heavy atom. The van der Waals surface area contributed by atoms with Crippen LogP contribution in [-0.2, 0) is 42.7 Å². The number of nitrogens with one attached hydrogen (secondary N) is 1. The summed E-state index contributed by atoms with van der Waals surface area (Å²) in [5, 5.41) is 4.06. The summed E-state index contributed by atoms with van der Waals surface area (Å²) in [5.74, 6) is -0.430. The molecule has 0 aromatic carbocycles. The van der Waals surface area contributed by atoms with Gasteiger partial charge in [-0.3, -0.25) is 4.79 Å². The quantitative estimate of drug-likeness (QED) is 0.134. The van der Waals surface area contributed by atoms with Crippen LogP contribution in [-0.4, -0.2) is 114 Å². The number of carbonyl (C=O) groups is 3. The van der Waals surface area contributed by atoms with Gasteiger partial charge < -0.3 is 43.3 Å². The standard InChI is InChI=1S/C27H49NO10S/c1-22(2)39-25-7-5-24(6-8-25)38-27(31)28-10-11-32-12-13-33-14-15-34-16-17-35-18-19-36-20-21-37-26(30)9-4-23(3)29/h22,24-25H,4-21H2,1-3H3,(H,28,31). The van der Waals surface area contributed by atoms with Crippen LogP contribution in [0.25, 0.3) is 0 Å². The molecule has 11 nitrogen and oxygen atoms in total. The Morgan fingerprint density at radius 2 is 1.21 bits per heavy atom. The molecule has 1 aliphatic rings. The van der Waals surface area contributed by atoms with E-state index in [0.717, 1.165) is 25.7 Å². The van der Waals surface area contributed by atoms with Crippen molar-refractivity contribution in [2.45, 2.75) is 75.9 Å². The third kappa shape index (κ3) is 23.0. The minimum atomic E-state index is -0.394. The second kappa shape index (κ2) is 24.4. The molecular formula is C27H49NO10S. The van der Waals surface area contributed by atoms with Gasteiger partial charge in [-0.05, 0) is 37.9 Å². The Labute approximate surface area is 237 Å². The average Bonchev–Trinajstić information content (AvgIpc) is 2.89. The maximum absolute atomic E-state index is 11.9. The molecule has 1 amide bonds. The van der Waals surface area contributed by atoms with Crippen molar-refractivity contribution in [1.29, 1.82) is 0 Å². The maximum Gasteiger partial charge on any atom is 0.407 e. The Morgan fingerprint density at radius 3 is 1.69 bits per heavy atom. The lowest BCUT2D eigenvalue weighted by Crippen LogP contribution is -2.33. The highest BCUT2D eigenvalue weighted by atomic mass is 32.2. The van der Waals surface area contributed by atoms with E-state index < -0.39 is 5.97 Å². The van der Waals surface area contributed by atoms with E-state index in [1.807, 2.05) is 11.8 Å². The third-order valence-corrected chi connectivity index (χ3v) is 6.94. The van der Waals surface area contributed by atoms with Gasteiger partial charge in [0.25, 0.3) is 0 Å². The number of hydrogen-bond donors (Lipinski definition) is 1. The maximum atomic E-state index is 11.9. The van der Waals surface area contributed by atoms with Gasteiger partial charge in [0.2, 0.25) is 0 Å². The lowest BCUT2D eigenvalue weighted by molar-refractivity contribution is -0.146. The molecule has 1 fully saturated rings. The van der Waals surface area contributed by atoms with Crippen LogP contribution in [0.3, 0.4) is 0 Å².